The number of aliphatic imine (C=N–C) groups is 1. The molecule has 1 aliphatic rings. The summed E-state index contributed by atoms with van der Waals surface area (Å²) in [4.78, 5) is 6.76. The molecule has 1 heterocycles. The molecule has 0 aromatic carbocycles. The summed E-state index contributed by atoms with van der Waals surface area (Å²) in [6.45, 7) is 3.15. The zero-order chi connectivity index (χ0) is 11.1. The fraction of sp³-hybridized carbons (Fsp3) is 0.800. The van der Waals surface area contributed by atoms with E-state index in [1.54, 1.807) is 0 Å². The van der Waals surface area contributed by atoms with Gasteiger partial charge >= 0.3 is 0 Å². The van der Waals surface area contributed by atoms with E-state index >= 15 is 0 Å². The second kappa shape index (κ2) is 6.70. The number of thioether (sulfide) groups is 1. The summed E-state index contributed by atoms with van der Waals surface area (Å²) in [5.74, 6) is 0.645. The molecular formula is C10H18N4S. The van der Waals surface area contributed by atoms with Crippen molar-refractivity contribution in [3.63, 3.8) is 0 Å². The van der Waals surface area contributed by atoms with E-state index in [2.05, 4.69) is 22.3 Å². The van der Waals surface area contributed by atoms with Gasteiger partial charge in [0, 0.05) is 13.1 Å². The van der Waals surface area contributed by atoms with Crippen LogP contribution in [0.3, 0.4) is 0 Å². The zero-order valence-electron chi connectivity index (χ0n) is 9.36. The molecule has 15 heavy (non-hydrogen) atoms. The second-order valence-corrected chi connectivity index (χ2v) is 4.65. The van der Waals surface area contributed by atoms with Gasteiger partial charge in [-0.25, -0.2) is 0 Å². The summed E-state index contributed by atoms with van der Waals surface area (Å²) in [6, 6.07) is 0. The highest BCUT2D eigenvalue weighted by Crippen LogP contribution is 2.15. The van der Waals surface area contributed by atoms with Gasteiger partial charge in [0.25, 0.3) is 0 Å². The van der Waals surface area contributed by atoms with Gasteiger partial charge in [0.05, 0.1) is 0 Å². The van der Waals surface area contributed by atoms with Crippen LogP contribution >= 0.6 is 11.8 Å². The molecule has 0 saturated carbocycles. The van der Waals surface area contributed by atoms with E-state index < -0.39 is 0 Å². The lowest BCUT2D eigenvalue weighted by Gasteiger charge is -2.28. The van der Waals surface area contributed by atoms with Crippen LogP contribution in [-0.2, 0) is 0 Å². The molecule has 84 valence electrons. The topological polar surface area (TPSA) is 51.4 Å². The summed E-state index contributed by atoms with van der Waals surface area (Å²) >= 11 is 1.49. The van der Waals surface area contributed by atoms with Crippen molar-refractivity contribution in [3.8, 4) is 6.19 Å². The van der Waals surface area contributed by atoms with Crippen molar-refractivity contribution in [2.24, 2.45) is 10.9 Å². The fourth-order valence-electron chi connectivity index (χ4n) is 1.84. The first kappa shape index (κ1) is 12.3. The van der Waals surface area contributed by atoms with Gasteiger partial charge in [-0.3, -0.25) is 10.3 Å². The zero-order valence-corrected chi connectivity index (χ0v) is 10.2. The van der Waals surface area contributed by atoms with E-state index in [9.17, 15) is 0 Å². The van der Waals surface area contributed by atoms with E-state index in [0.29, 0.717) is 5.92 Å². The summed E-state index contributed by atoms with van der Waals surface area (Å²) in [5.41, 5.74) is 0. The lowest BCUT2D eigenvalue weighted by Crippen LogP contribution is -2.33. The molecule has 1 saturated heterocycles. The molecular weight excluding hydrogens is 208 g/mol. The minimum absolute atomic E-state index is 0.645. The smallest absolute Gasteiger partial charge is 0.183 e. The third-order valence-corrected chi connectivity index (χ3v) is 3.19. The van der Waals surface area contributed by atoms with Crippen molar-refractivity contribution in [1.29, 1.82) is 5.26 Å². The Labute approximate surface area is 95.7 Å². The lowest BCUT2D eigenvalue weighted by molar-refractivity contribution is 0.214. The van der Waals surface area contributed by atoms with Crippen LogP contribution in [0.1, 0.15) is 12.8 Å². The maximum Gasteiger partial charge on any atom is 0.183 e. The highest BCUT2D eigenvalue weighted by Gasteiger charge is 2.16. The Balaban J connectivity index is 2.37. The molecule has 0 radical (unpaired) electrons. The van der Waals surface area contributed by atoms with Crippen LogP contribution in [0.2, 0.25) is 0 Å². The van der Waals surface area contributed by atoms with Gasteiger partial charge in [-0.1, -0.05) is 11.8 Å². The molecule has 0 aromatic heterocycles. The van der Waals surface area contributed by atoms with Crippen LogP contribution in [0.5, 0.6) is 0 Å². The molecule has 0 spiro atoms. The molecule has 0 aromatic rings. The third kappa shape index (κ3) is 4.54. The molecule has 1 unspecified atom stereocenters. The minimum Gasteiger partial charge on any atom is -0.306 e. The number of nitriles is 1. The summed E-state index contributed by atoms with van der Waals surface area (Å²) in [7, 11) is 2.15. The number of rotatable bonds is 2. The number of likely N-dealkylation sites (tertiary alicyclic amines) is 1. The number of amidine groups is 1. The van der Waals surface area contributed by atoms with E-state index in [-0.39, 0.29) is 0 Å². The average molecular weight is 226 g/mol. The maximum atomic E-state index is 8.48. The Morgan fingerprint density at radius 1 is 1.73 bits per heavy atom. The fourth-order valence-corrected chi connectivity index (χ4v) is 2.19. The predicted molar refractivity (Wildman–Crippen MR) is 64.8 cm³/mol. The summed E-state index contributed by atoms with van der Waals surface area (Å²) in [5, 5.41) is 11.8. The molecule has 0 amide bonds. The second-order valence-electron chi connectivity index (χ2n) is 3.86. The van der Waals surface area contributed by atoms with Crippen molar-refractivity contribution in [2.45, 2.75) is 12.8 Å². The van der Waals surface area contributed by atoms with Crippen molar-refractivity contribution in [2.75, 3.05) is 32.9 Å². The Morgan fingerprint density at radius 2 is 2.53 bits per heavy atom. The largest absolute Gasteiger partial charge is 0.306 e. The van der Waals surface area contributed by atoms with Gasteiger partial charge in [0.2, 0.25) is 0 Å². The standard InChI is InChI=1S/C10H18N4S/c1-14-5-3-4-9(7-14)6-12-10(15-2)13-8-11/h9H,3-7H2,1-2H3,(H,12,13). The predicted octanol–water partition coefficient (Wildman–Crippen LogP) is 1.12. The molecule has 0 bridgehead atoms. The monoisotopic (exact) mass is 226 g/mol. The van der Waals surface area contributed by atoms with Gasteiger partial charge < -0.3 is 4.90 Å². The van der Waals surface area contributed by atoms with Gasteiger partial charge in [-0.15, -0.1) is 0 Å². The van der Waals surface area contributed by atoms with E-state index in [4.69, 9.17) is 5.26 Å². The highest BCUT2D eigenvalue weighted by molar-refractivity contribution is 8.13. The quantitative estimate of drug-likeness (QED) is 0.332. The van der Waals surface area contributed by atoms with Gasteiger partial charge in [-0.05, 0) is 38.6 Å². The number of piperidine rings is 1. The number of nitrogens with one attached hydrogen (secondary N) is 1. The Bertz CT molecular complexity index is 259. The molecule has 4 nitrogen and oxygen atoms in total. The Hall–Kier alpha value is -0.730. The van der Waals surface area contributed by atoms with Gasteiger partial charge in [0.15, 0.2) is 11.4 Å². The molecule has 0 aliphatic carbocycles. The molecule has 1 fully saturated rings. The lowest BCUT2D eigenvalue weighted by atomic mass is 9.99. The van der Waals surface area contributed by atoms with Crippen LogP contribution in [0.15, 0.2) is 4.99 Å². The molecule has 1 rings (SSSR count). The van der Waals surface area contributed by atoms with Crippen LogP contribution in [-0.4, -0.2) is 43.0 Å². The first-order valence-electron chi connectivity index (χ1n) is 5.18. The normalized spacial score (nSPS) is 23.5. The number of nitrogens with zero attached hydrogens (tertiary/aromatic N) is 3. The van der Waals surface area contributed by atoms with Crippen molar-refractivity contribution in [3.05, 3.63) is 0 Å². The van der Waals surface area contributed by atoms with E-state index in [1.165, 1.54) is 31.1 Å². The van der Waals surface area contributed by atoms with E-state index in [1.807, 2.05) is 12.4 Å². The molecule has 5 heteroatoms. The molecule has 1 aliphatic heterocycles. The van der Waals surface area contributed by atoms with Gasteiger partial charge in [0.1, 0.15) is 0 Å². The first-order chi connectivity index (χ1) is 7.26. The van der Waals surface area contributed by atoms with Gasteiger partial charge in [-0.2, -0.15) is 5.26 Å². The molecule has 1 atom stereocenters. The Kier molecular flexibility index (Phi) is 5.51. The average Bonchev–Trinajstić information content (AvgIpc) is 2.24. The highest BCUT2D eigenvalue weighted by atomic mass is 32.2. The van der Waals surface area contributed by atoms with Crippen molar-refractivity contribution in [1.82, 2.24) is 10.2 Å². The van der Waals surface area contributed by atoms with E-state index in [0.717, 1.165) is 18.3 Å². The number of hydrogen-bond donors (Lipinski definition) is 1. The van der Waals surface area contributed by atoms with Crippen molar-refractivity contribution < 1.29 is 0 Å². The third-order valence-electron chi connectivity index (χ3n) is 2.57. The Morgan fingerprint density at radius 3 is 3.13 bits per heavy atom. The van der Waals surface area contributed by atoms with Crippen LogP contribution in [0, 0.1) is 17.4 Å². The van der Waals surface area contributed by atoms with Crippen LogP contribution in [0.25, 0.3) is 0 Å². The molecule has 1 N–H and O–H groups in total. The number of hydrogen-bond acceptors (Lipinski definition) is 4. The van der Waals surface area contributed by atoms with Crippen molar-refractivity contribution >= 4 is 16.9 Å². The summed E-state index contributed by atoms with van der Waals surface area (Å²) in [6.07, 6.45) is 6.34. The minimum atomic E-state index is 0.645. The first-order valence-corrected chi connectivity index (χ1v) is 6.40. The SMILES string of the molecule is CSC(=NCC1CCCN(C)C1)NC#N. The summed E-state index contributed by atoms with van der Waals surface area (Å²) < 4.78 is 0. The van der Waals surface area contributed by atoms with Crippen LogP contribution < -0.4 is 5.32 Å². The van der Waals surface area contributed by atoms with Crippen LogP contribution in [0.4, 0.5) is 0 Å². The maximum absolute atomic E-state index is 8.48.